The van der Waals surface area contributed by atoms with Gasteiger partial charge in [0, 0.05) is 6.26 Å². The van der Waals surface area contributed by atoms with Crippen molar-refractivity contribution in [1.29, 1.82) is 5.26 Å². The summed E-state index contributed by atoms with van der Waals surface area (Å²) < 4.78 is 22.1. The van der Waals surface area contributed by atoms with Gasteiger partial charge in [-0.25, -0.2) is 13.4 Å². The fraction of sp³-hybridized carbons (Fsp3) is 0.143. The molecule has 0 aliphatic rings. The van der Waals surface area contributed by atoms with E-state index in [0.29, 0.717) is 0 Å². The minimum Gasteiger partial charge on any atom is -0.397 e. The second-order valence-electron chi connectivity index (χ2n) is 2.51. The van der Waals surface area contributed by atoms with Crippen LogP contribution in [0.5, 0.6) is 0 Å². The highest BCUT2D eigenvalue weighted by molar-refractivity contribution is 7.90. The zero-order valence-electron chi connectivity index (χ0n) is 6.85. The fourth-order valence-electron chi connectivity index (χ4n) is 0.844. The van der Waals surface area contributed by atoms with E-state index < -0.39 is 9.84 Å². The third-order valence-corrected chi connectivity index (χ3v) is 2.37. The average molecular weight is 197 g/mol. The van der Waals surface area contributed by atoms with E-state index in [1.807, 2.05) is 0 Å². The normalized spacial score (nSPS) is 10.8. The molecule has 0 radical (unpaired) electrons. The predicted molar refractivity (Wildman–Crippen MR) is 46.5 cm³/mol. The number of nitriles is 1. The Labute approximate surface area is 75.7 Å². The van der Waals surface area contributed by atoms with Crippen LogP contribution in [0.4, 0.5) is 5.69 Å². The number of nitrogens with zero attached hydrogens (tertiary/aromatic N) is 2. The molecule has 0 spiro atoms. The van der Waals surface area contributed by atoms with Gasteiger partial charge in [-0.05, 0) is 6.07 Å². The summed E-state index contributed by atoms with van der Waals surface area (Å²) in [6.07, 6.45) is 2.20. The van der Waals surface area contributed by atoms with Gasteiger partial charge in [-0.15, -0.1) is 0 Å². The van der Waals surface area contributed by atoms with Crippen LogP contribution in [0.1, 0.15) is 5.56 Å². The summed E-state index contributed by atoms with van der Waals surface area (Å²) in [7, 11) is -3.45. The topological polar surface area (TPSA) is 96.8 Å². The van der Waals surface area contributed by atoms with Gasteiger partial charge in [0.2, 0.25) is 0 Å². The highest BCUT2D eigenvalue weighted by atomic mass is 32.2. The number of hydrogen-bond donors (Lipinski definition) is 1. The molecule has 1 aromatic heterocycles. The molecule has 0 saturated carbocycles. The van der Waals surface area contributed by atoms with E-state index in [1.165, 1.54) is 12.3 Å². The number of nitrogen functional groups attached to an aromatic ring is 1. The highest BCUT2D eigenvalue weighted by Crippen LogP contribution is 2.13. The summed E-state index contributed by atoms with van der Waals surface area (Å²) in [4.78, 5) is 3.58. The van der Waals surface area contributed by atoms with Crippen LogP contribution in [-0.2, 0) is 9.84 Å². The lowest BCUT2D eigenvalue weighted by atomic mass is 10.3. The number of anilines is 1. The molecular weight excluding hydrogens is 190 g/mol. The van der Waals surface area contributed by atoms with Crippen molar-refractivity contribution in [2.75, 3.05) is 12.0 Å². The lowest BCUT2D eigenvalue weighted by Crippen LogP contribution is -2.04. The molecule has 0 aliphatic carbocycles. The summed E-state index contributed by atoms with van der Waals surface area (Å²) in [6, 6.07) is 3.00. The molecular formula is C7H7N3O2S. The Balaban J connectivity index is 3.50. The van der Waals surface area contributed by atoms with Crippen LogP contribution in [0.25, 0.3) is 0 Å². The van der Waals surface area contributed by atoms with Crippen molar-refractivity contribution >= 4 is 15.5 Å². The molecule has 0 fully saturated rings. The predicted octanol–water partition coefficient (Wildman–Crippen LogP) is -0.0610. The second kappa shape index (κ2) is 3.03. The smallest absolute Gasteiger partial charge is 0.194 e. The zero-order valence-corrected chi connectivity index (χ0v) is 7.67. The molecule has 68 valence electrons. The average Bonchev–Trinajstić information content (AvgIpc) is 2.01. The van der Waals surface area contributed by atoms with Gasteiger partial charge in [-0.3, -0.25) is 0 Å². The molecule has 0 amide bonds. The maximum absolute atomic E-state index is 11.1. The number of aromatic nitrogens is 1. The lowest BCUT2D eigenvalue weighted by Gasteiger charge is -2.00. The molecule has 0 saturated heterocycles. The number of nitrogens with two attached hydrogens (primary N) is 1. The van der Waals surface area contributed by atoms with E-state index in [0.717, 1.165) is 6.26 Å². The Kier molecular flexibility index (Phi) is 2.21. The molecule has 0 bridgehead atoms. The van der Waals surface area contributed by atoms with Crippen LogP contribution >= 0.6 is 0 Å². The minimum absolute atomic E-state index is 0.0255. The molecule has 0 aliphatic heterocycles. The molecule has 1 aromatic rings. The van der Waals surface area contributed by atoms with Gasteiger partial charge in [-0.1, -0.05) is 0 Å². The highest BCUT2D eigenvalue weighted by Gasteiger charge is 2.14. The van der Waals surface area contributed by atoms with Crippen LogP contribution in [0, 0.1) is 11.3 Å². The molecule has 2 N–H and O–H groups in total. The molecule has 1 heterocycles. The van der Waals surface area contributed by atoms with Gasteiger partial charge < -0.3 is 5.73 Å². The van der Waals surface area contributed by atoms with E-state index in [2.05, 4.69) is 4.98 Å². The van der Waals surface area contributed by atoms with Gasteiger partial charge in [-0.2, -0.15) is 5.26 Å². The summed E-state index contributed by atoms with van der Waals surface area (Å²) in [5.41, 5.74) is 5.58. The first-order chi connectivity index (χ1) is 5.95. The summed E-state index contributed by atoms with van der Waals surface area (Å²) in [5.74, 6) is 0. The van der Waals surface area contributed by atoms with Crippen LogP contribution in [0.3, 0.4) is 0 Å². The number of rotatable bonds is 1. The molecule has 0 atom stereocenters. The lowest BCUT2D eigenvalue weighted by molar-refractivity contribution is 0.598. The summed E-state index contributed by atoms with van der Waals surface area (Å²) in [6.45, 7) is 0. The quantitative estimate of drug-likeness (QED) is 0.680. The largest absolute Gasteiger partial charge is 0.397 e. The van der Waals surface area contributed by atoms with E-state index in [4.69, 9.17) is 11.0 Å². The van der Waals surface area contributed by atoms with Crippen LogP contribution in [0.2, 0.25) is 0 Å². The Hall–Kier alpha value is -1.61. The number of pyridine rings is 1. The van der Waals surface area contributed by atoms with Crippen molar-refractivity contribution in [2.45, 2.75) is 5.03 Å². The Morgan fingerprint density at radius 2 is 2.23 bits per heavy atom. The van der Waals surface area contributed by atoms with Crippen LogP contribution in [-0.4, -0.2) is 19.7 Å². The van der Waals surface area contributed by atoms with Gasteiger partial charge >= 0.3 is 0 Å². The molecule has 6 heteroatoms. The van der Waals surface area contributed by atoms with E-state index in [9.17, 15) is 8.42 Å². The Bertz CT molecular complexity index is 473. The van der Waals surface area contributed by atoms with Gasteiger partial charge in [0.05, 0.1) is 17.4 Å². The van der Waals surface area contributed by atoms with Crippen molar-refractivity contribution in [2.24, 2.45) is 0 Å². The number of sulfone groups is 1. The Morgan fingerprint density at radius 3 is 2.69 bits per heavy atom. The second-order valence-corrected chi connectivity index (χ2v) is 4.44. The first-order valence-corrected chi connectivity index (χ1v) is 5.20. The van der Waals surface area contributed by atoms with Gasteiger partial charge in [0.25, 0.3) is 0 Å². The summed E-state index contributed by atoms with van der Waals surface area (Å²) >= 11 is 0. The first-order valence-electron chi connectivity index (χ1n) is 3.31. The fourth-order valence-corrected chi connectivity index (χ4v) is 1.59. The maximum Gasteiger partial charge on any atom is 0.194 e. The van der Waals surface area contributed by atoms with Crippen molar-refractivity contribution in [3.05, 3.63) is 17.8 Å². The van der Waals surface area contributed by atoms with Crippen LogP contribution in [0.15, 0.2) is 17.3 Å². The van der Waals surface area contributed by atoms with E-state index in [1.54, 1.807) is 6.07 Å². The summed E-state index contributed by atoms with van der Waals surface area (Å²) in [5, 5.41) is 8.36. The minimum atomic E-state index is -3.45. The first kappa shape index (κ1) is 9.48. The third kappa shape index (κ3) is 1.95. The van der Waals surface area contributed by atoms with Gasteiger partial charge in [0.15, 0.2) is 14.9 Å². The molecule has 13 heavy (non-hydrogen) atoms. The molecule has 1 rings (SSSR count). The van der Waals surface area contributed by atoms with Crippen molar-refractivity contribution in [3.8, 4) is 6.07 Å². The van der Waals surface area contributed by atoms with Crippen molar-refractivity contribution in [3.63, 3.8) is 0 Å². The van der Waals surface area contributed by atoms with E-state index in [-0.39, 0.29) is 16.3 Å². The van der Waals surface area contributed by atoms with E-state index >= 15 is 0 Å². The third-order valence-electron chi connectivity index (χ3n) is 1.34. The molecule has 0 aromatic carbocycles. The Morgan fingerprint density at radius 1 is 1.62 bits per heavy atom. The molecule has 0 unspecified atom stereocenters. The van der Waals surface area contributed by atoms with Gasteiger partial charge in [0.1, 0.15) is 6.07 Å². The maximum atomic E-state index is 11.1. The standard InChI is InChI=1S/C7H7N3O2S/c1-13(11,12)7-5(3-8)2-6(9)4-10-7/h2,4H,9H2,1H3. The van der Waals surface area contributed by atoms with Crippen LogP contribution < -0.4 is 5.73 Å². The SMILES string of the molecule is CS(=O)(=O)c1ncc(N)cc1C#N. The number of hydrogen-bond acceptors (Lipinski definition) is 5. The van der Waals surface area contributed by atoms with Crippen molar-refractivity contribution in [1.82, 2.24) is 4.98 Å². The zero-order chi connectivity index (χ0) is 10.1. The van der Waals surface area contributed by atoms with Crippen molar-refractivity contribution < 1.29 is 8.42 Å². The monoisotopic (exact) mass is 197 g/mol. The molecule has 5 nitrogen and oxygen atoms in total.